The maximum atomic E-state index is 3.87. The maximum absolute atomic E-state index is 3.87. The van der Waals surface area contributed by atoms with Crippen LogP contribution < -0.4 is 0 Å². The Hall–Kier alpha value is -0.520. The zero-order valence-electron chi connectivity index (χ0n) is 7.85. The summed E-state index contributed by atoms with van der Waals surface area (Å²) in [6, 6.07) is 0. The lowest BCUT2D eigenvalue weighted by Gasteiger charge is -2.28. The molecule has 0 saturated heterocycles. The Morgan fingerprint density at radius 3 is 2.36 bits per heavy atom. The molecule has 1 aliphatic rings. The van der Waals surface area contributed by atoms with Crippen LogP contribution in [0.3, 0.4) is 0 Å². The molecule has 0 radical (unpaired) electrons. The minimum atomic E-state index is 0.721. The van der Waals surface area contributed by atoms with Crippen molar-refractivity contribution in [2.24, 2.45) is 11.8 Å². The van der Waals surface area contributed by atoms with Crippen molar-refractivity contribution < 1.29 is 0 Å². The fraction of sp³-hybridized carbons (Fsp3) is 0.636. The summed E-state index contributed by atoms with van der Waals surface area (Å²) in [4.78, 5) is 0. The lowest BCUT2D eigenvalue weighted by molar-refractivity contribution is 0.397. The van der Waals surface area contributed by atoms with Crippen molar-refractivity contribution in [2.45, 2.75) is 33.6 Å². The Bertz CT molecular complexity index is 186. The highest BCUT2D eigenvalue weighted by Gasteiger charge is 2.20. The van der Waals surface area contributed by atoms with Gasteiger partial charge in [0.25, 0.3) is 0 Å². The summed E-state index contributed by atoms with van der Waals surface area (Å²) in [7, 11) is 0. The summed E-state index contributed by atoms with van der Waals surface area (Å²) in [6.45, 7) is 10.7. The Morgan fingerprint density at radius 2 is 1.82 bits per heavy atom. The van der Waals surface area contributed by atoms with Crippen LogP contribution in [0, 0.1) is 11.8 Å². The molecule has 0 aromatic rings. The first-order valence-corrected chi connectivity index (χ1v) is 4.43. The van der Waals surface area contributed by atoms with Crippen LogP contribution in [-0.2, 0) is 0 Å². The minimum Gasteiger partial charge on any atom is -0.103 e. The van der Waals surface area contributed by atoms with Gasteiger partial charge in [0.05, 0.1) is 0 Å². The Labute approximate surface area is 70.0 Å². The van der Waals surface area contributed by atoms with Crippen LogP contribution in [0.5, 0.6) is 0 Å². The van der Waals surface area contributed by atoms with Gasteiger partial charge in [-0.25, -0.2) is 0 Å². The zero-order chi connectivity index (χ0) is 8.43. The van der Waals surface area contributed by atoms with Gasteiger partial charge < -0.3 is 0 Å². The van der Waals surface area contributed by atoms with Gasteiger partial charge in [0.15, 0.2) is 0 Å². The molecule has 0 bridgehead atoms. The second-order valence-corrected chi connectivity index (χ2v) is 3.85. The van der Waals surface area contributed by atoms with E-state index in [1.165, 1.54) is 12.8 Å². The molecule has 0 heterocycles. The second-order valence-electron chi connectivity index (χ2n) is 3.85. The molecule has 0 heteroatoms. The SMILES string of the molecule is C=CC1CC(C)=C(C)CC1C. The van der Waals surface area contributed by atoms with E-state index in [2.05, 4.69) is 33.4 Å². The van der Waals surface area contributed by atoms with E-state index in [-0.39, 0.29) is 0 Å². The molecule has 11 heavy (non-hydrogen) atoms. The number of allylic oxidation sites excluding steroid dienone is 3. The van der Waals surface area contributed by atoms with Crippen molar-refractivity contribution in [3.05, 3.63) is 23.8 Å². The fourth-order valence-corrected chi connectivity index (χ4v) is 1.85. The molecular weight excluding hydrogens is 132 g/mol. The van der Waals surface area contributed by atoms with E-state index < -0.39 is 0 Å². The molecule has 0 saturated carbocycles. The lowest BCUT2D eigenvalue weighted by Crippen LogP contribution is -2.15. The third-order valence-electron chi connectivity index (χ3n) is 2.93. The highest BCUT2D eigenvalue weighted by Crippen LogP contribution is 2.33. The Kier molecular flexibility index (Phi) is 2.53. The molecule has 2 atom stereocenters. The van der Waals surface area contributed by atoms with Crippen LogP contribution >= 0.6 is 0 Å². The second kappa shape index (κ2) is 3.25. The molecule has 0 aromatic carbocycles. The van der Waals surface area contributed by atoms with Crippen LogP contribution in [0.15, 0.2) is 23.8 Å². The third kappa shape index (κ3) is 1.74. The van der Waals surface area contributed by atoms with Gasteiger partial charge >= 0.3 is 0 Å². The summed E-state index contributed by atoms with van der Waals surface area (Å²) in [6.07, 6.45) is 4.61. The fourth-order valence-electron chi connectivity index (χ4n) is 1.85. The van der Waals surface area contributed by atoms with Crippen molar-refractivity contribution in [2.75, 3.05) is 0 Å². The zero-order valence-corrected chi connectivity index (χ0v) is 7.85. The summed E-state index contributed by atoms with van der Waals surface area (Å²) < 4.78 is 0. The van der Waals surface area contributed by atoms with Crippen LogP contribution in [0.4, 0.5) is 0 Å². The predicted molar refractivity (Wildman–Crippen MR) is 50.5 cm³/mol. The lowest BCUT2D eigenvalue weighted by atomic mass is 9.78. The van der Waals surface area contributed by atoms with Crippen LogP contribution in [0.2, 0.25) is 0 Å². The monoisotopic (exact) mass is 150 g/mol. The first kappa shape index (κ1) is 8.58. The molecule has 0 aromatic heterocycles. The van der Waals surface area contributed by atoms with Gasteiger partial charge in [0, 0.05) is 0 Å². The third-order valence-corrected chi connectivity index (χ3v) is 2.93. The smallest absolute Gasteiger partial charge is 0.0170 e. The maximum Gasteiger partial charge on any atom is -0.0170 e. The minimum absolute atomic E-state index is 0.721. The highest BCUT2D eigenvalue weighted by molar-refractivity contribution is 5.16. The van der Waals surface area contributed by atoms with Gasteiger partial charge in [0.1, 0.15) is 0 Å². The average Bonchev–Trinajstić information content (AvgIpc) is 1.97. The molecule has 0 nitrogen and oxygen atoms in total. The topological polar surface area (TPSA) is 0 Å². The van der Waals surface area contributed by atoms with Crippen LogP contribution in [0.25, 0.3) is 0 Å². The molecule has 0 aliphatic heterocycles. The van der Waals surface area contributed by atoms with Crippen molar-refractivity contribution in [1.82, 2.24) is 0 Å². The van der Waals surface area contributed by atoms with E-state index in [4.69, 9.17) is 0 Å². The van der Waals surface area contributed by atoms with Crippen molar-refractivity contribution >= 4 is 0 Å². The summed E-state index contributed by atoms with van der Waals surface area (Å²) in [5.41, 5.74) is 3.17. The quantitative estimate of drug-likeness (QED) is 0.501. The Morgan fingerprint density at radius 1 is 1.27 bits per heavy atom. The predicted octanol–water partition coefficient (Wildman–Crippen LogP) is 3.55. The van der Waals surface area contributed by atoms with E-state index in [9.17, 15) is 0 Å². The molecule has 1 rings (SSSR count). The Balaban J connectivity index is 2.74. The van der Waals surface area contributed by atoms with E-state index >= 15 is 0 Å². The summed E-state index contributed by atoms with van der Waals surface area (Å²) >= 11 is 0. The summed E-state index contributed by atoms with van der Waals surface area (Å²) in [5, 5.41) is 0. The molecular formula is C11H18. The molecule has 62 valence electrons. The van der Waals surface area contributed by atoms with E-state index in [0.29, 0.717) is 0 Å². The van der Waals surface area contributed by atoms with E-state index in [1.807, 2.05) is 0 Å². The van der Waals surface area contributed by atoms with Gasteiger partial charge in [-0.1, -0.05) is 24.1 Å². The number of hydrogen-bond donors (Lipinski definition) is 0. The highest BCUT2D eigenvalue weighted by atomic mass is 14.3. The number of hydrogen-bond acceptors (Lipinski definition) is 0. The van der Waals surface area contributed by atoms with Crippen LogP contribution in [0.1, 0.15) is 33.6 Å². The van der Waals surface area contributed by atoms with Crippen molar-refractivity contribution in [3.8, 4) is 0 Å². The first-order chi connectivity index (χ1) is 5.15. The van der Waals surface area contributed by atoms with E-state index in [0.717, 1.165) is 11.8 Å². The largest absolute Gasteiger partial charge is 0.103 e. The van der Waals surface area contributed by atoms with Gasteiger partial charge in [-0.15, -0.1) is 6.58 Å². The van der Waals surface area contributed by atoms with E-state index in [1.54, 1.807) is 11.1 Å². The first-order valence-electron chi connectivity index (χ1n) is 4.43. The molecule has 0 fully saturated rings. The van der Waals surface area contributed by atoms with Crippen molar-refractivity contribution in [3.63, 3.8) is 0 Å². The van der Waals surface area contributed by atoms with Gasteiger partial charge in [-0.3, -0.25) is 0 Å². The number of rotatable bonds is 1. The standard InChI is InChI=1S/C11H18/c1-5-11-7-9(3)8(2)6-10(11)4/h5,10-11H,1,6-7H2,2-4H3. The molecule has 1 aliphatic carbocycles. The molecule has 2 unspecified atom stereocenters. The van der Waals surface area contributed by atoms with Crippen molar-refractivity contribution in [1.29, 1.82) is 0 Å². The molecule has 0 spiro atoms. The summed E-state index contributed by atoms with van der Waals surface area (Å²) in [5.74, 6) is 1.52. The normalized spacial score (nSPS) is 32.3. The molecule has 0 amide bonds. The van der Waals surface area contributed by atoms with Gasteiger partial charge in [-0.2, -0.15) is 0 Å². The van der Waals surface area contributed by atoms with Gasteiger partial charge in [0.2, 0.25) is 0 Å². The average molecular weight is 150 g/mol. The van der Waals surface area contributed by atoms with Gasteiger partial charge in [-0.05, 0) is 38.5 Å². The molecule has 0 N–H and O–H groups in total. The van der Waals surface area contributed by atoms with Crippen LogP contribution in [-0.4, -0.2) is 0 Å².